The second kappa shape index (κ2) is 5.11. The molecule has 7 heteroatoms. The maximum absolute atomic E-state index is 11.6. The number of carbonyl (C=O) groups excluding carboxylic acids is 1. The third-order valence-electron chi connectivity index (χ3n) is 1.89. The van der Waals surface area contributed by atoms with E-state index < -0.39 is 17.2 Å². The van der Waals surface area contributed by atoms with E-state index >= 15 is 0 Å². The highest BCUT2D eigenvalue weighted by molar-refractivity contribution is 9.10. The lowest BCUT2D eigenvalue weighted by molar-refractivity contribution is -0.143. The molecule has 0 spiro atoms. The van der Waals surface area contributed by atoms with Crippen molar-refractivity contribution in [3.8, 4) is 0 Å². The van der Waals surface area contributed by atoms with Crippen LogP contribution in [0.1, 0.15) is 12.6 Å². The minimum Gasteiger partial charge on any atom is -0.465 e. The molecule has 6 nitrogen and oxygen atoms in total. The molecular weight excluding hydrogens is 280 g/mol. The molecule has 0 unspecified atom stereocenters. The molecule has 0 aliphatic carbocycles. The van der Waals surface area contributed by atoms with Crippen molar-refractivity contribution in [1.82, 2.24) is 9.55 Å². The smallest absolute Gasteiger partial charge is 0.329 e. The number of aryl methyl sites for hydroxylation is 1. The largest absolute Gasteiger partial charge is 0.465 e. The average molecular weight is 291 g/mol. The Labute approximate surface area is 99.4 Å². The van der Waals surface area contributed by atoms with Crippen LogP contribution >= 0.6 is 15.9 Å². The summed E-state index contributed by atoms with van der Waals surface area (Å²) in [5.74, 6) is -0.620. The summed E-state index contributed by atoms with van der Waals surface area (Å²) in [7, 11) is 0. The van der Waals surface area contributed by atoms with Gasteiger partial charge in [0.1, 0.15) is 11.0 Å². The Morgan fingerprint density at radius 2 is 2.12 bits per heavy atom. The third kappa shape index (κ3) is 2.60. The van der Waals surface area contributed by atoms with Crippen LogP contribution in [0.25, 0.3) is 0 Å². The highest BCUT2D eigenvalue weighted by Gasteiger charge is 2.12. The molecule has 16 heavy (non-hydrogen) atoms. The number of hydrogen-bond donors (Lipinski definition) is 1. The minimum absolute atomic E-state index is 0.207. The van der Waals surface area contributed by atoms with Crippen molar-refractivity contribution in [1.29, 1.82) is 0 Å². The van der Waals surface area contributed by atoms with Gasteiger partial charge in [-0.25, -0.2) is 9.36 Å². The first-order chi connectivity index (χ1) is 7.47. The van der Waals surface area contributed by atoms with Crippen LogP contribution in [0.3, 0.4) is 0 Å². The Hall–Kier alpha value is -1.37. The van der Waals surface area contributed by atoms with E-state index in [-0.39, 0.29) is 17.6 Å². The molecule has 0 amide bonds. The molecule has 0 aliphatic rings. The zero-order valence-electron chi connectivity index (χ0n) is 8.87. The van der Waals surface area contributed by atoms with Crippen LogP contribution in [0.4, 0.5) is 0 Å². The molecule has 0 fully saturated rings. The highest BCUT2D eigenvalue weighted by atomic mass is 79.9. The van der Waals surface area contributed by atoms with Gasteiger partial charge in [-0.2, -0.15) is 0 Å². The first-order valence-electron chi connectivity index (χ1n) is 4.62. The van der Waals surface area contributed by atoms with E-state index in [9.17, 15) is 14.4 Å². The molecule has 0 aromatic carbocycles. The summed E-state index contributed by atoms with van der Waals surface area (Å²) in [6, 6.07) is 0. The topological polar surface area (TPSA) is 81.2 Å². The van der Waals surface area contributed by atoms with Crippen LogP contribution in [0, 0.1) is 6.92 Å². The van der Waals surface area contributed by atoms with Gasteiger partial charge in [0.15, 0.2) is 0 Å². The number of nitrogens with zero attached hydrogens (tertiary/aromatic N) is 1. The number of nitrogens with one attached hydrogen (secondary N) is 1. The van der Waals surface area contributed by atoms with E-state index in [1.807, 2.05) is 0 Å². The molecule has 0 atom stereocenters. The highest BCUT2D eigenvalue weighted by Crippen LogP contribution is 2.04. The molecule has 0 saturated heterocycles. The Morgan fingerprint density at radius 1 is 1.50 bits per heavy atom. The monoisotopic (exact) mass is 290 g/mol. The summed E-state index contributed by atoms with van der Waals surface area (Å²) >= 11 is 3.04. The summed E-state index contributed by atoms with van der Waals surface area (Å²) in [6.45, 7) is 3.05. The molecule has 88 valence electrons. The first-order valence-corrected chi connectivity index (χ1v) is 5.41. The second-order valence-electron chi connectivity index (χ2n) is 3.07. The minimum atomic E-state index is -0.626. The van der Waals surface area contributed by atoms with Gasteiger partial charge < -0.3 is 9.72 Å². The van der Waals surface area contributed by atoms with Crippen LogP contribution in [0.2, 0.25) is 0 Å². The Kier molecular flexibility index (Phi) is 4.05. The van der Waals surface area contributed by atoms with Gasteiger partial charge in [0.2, 0.25) is 0 Å². The molecule has 1 aromatic rings. The van der Waals surface area contributed by atoms with Crippen molar-refractivity contribution < 1.29 is 9.53 Å². The van der Waals surface area contributed by atoms with E-state index in [1.165, 1.54) is 0 Å². The van der Waals surface area contributed by atoms with Gasteiger partial charge in [-0.05, 0) is 29.8 Å². The zero-order valence-corrected chi connectivity index (χ0v) is 10.5. The van der Waals surface area contributed by atoms with Crippen molar-refractivity contribution in [2.24, 2.45) is 0 Å². The maximum atomic E-state index is 11.6. The molecule has 1 N–H and O–H groups in total. The van der Waals surface area contributed by atoms with Gasteiger partial charge in [-0.15, -0.1) is 0 Å². The van der Waals surface area contributed by atoms with E-state index in [2.05, 4.69) is 25.7 Å². The number of hydrogen-bond acceptors (Lipinski definition) is 4. The number of carbonyl (C=O) groups is 1. The molecule has 0 radical (unpaired) electrons. The maximum Gasteiger partial charge on any atom is 0.329 e. The molecule has 0 bridgehead atoms. The molecule has 0 saturated carbocycles. The Bertz CT molecular complexity index is 517. The van der Waals surface area contributed by atoms with E-state index in [0.29, 0.717) is 5.69 Å². The normalized spacial score (nSPS) is 10.2. The summed E-state index contributed by atoms with van der Waals surface area (Å²) in [5, 5.41) is 0. The van der Waals surface area contributed by atoms with Gasteiger partial charge in [-0.3, -0.25) is 9.59 Å². The number of H-pyrrole nitrogens is 1. The van der Waals surface area contributed by atoms with Crippen LogP contribution in [0.15, 0.2) is 14.1 Å². The molecule has 0 aliphatic heterocycles. The van der Waals surface area contributed by atoms with Crippen molar-refractivity contribution >= 4 is 21.9 Å². The fraction of sp³-hybridized carbons (Fsp3) is 0.444. The van der Waals surface area contributed by atoms with E-state index in [1.54, 1.807) is 13.8 Å². The summed E-state index contributed by atoms with van der Waals surface area (Å²) < 4.78 is 5.68. The lowest BCUT2D eigenvalue weighted by Crippen LogP contribution is -2.38. The average Bonchev–Trinajstić information content (AvgIpc) is 2.22. The number of rotatable bonds is 3. The lowest BCUT2D eigenvalue weighted by atomic mass is 10.4. The van der Waals surface area contributed by atoms with E-state index in [4.69, 9.17) is 0 Å². The van der Waals surface area contributed by atoms with Gasteiger partial charge in [0.25, 0.3) is 5.56 Å². The number of ether oxygens (including phenoxy) is 1. The fourth-order valence-electron chi connectivity index (χ4n) is 1.13. The van der Waals surface area contributed by atoms with Crippen molar-refractivity contribution in [2.45, 2.75) is 20.4 Å². The van der Waals surface area contributed by atoms with Crippen LogP contribution < -0.4 is 11.2 Å². The number of esters is 1. The van der Waals surface area contributed by atoms with Crippen LogP contribution in [-0.4, -0.2) is 22.1 Å². The van der Waals surface area contributed by atoms with Crippen molar-refractivity contribution in [3.63, 3.8) is 0 Å². The summed E-state index contributed by atoms with van der Waals surface area (Å²) in [4.78, 5) is 36.7. The van der Waals surface area contributed by atoms with Gasteiger partial charge >= 0.3 is 11.7 Å². The fourth-order valence-corrected chi connectivity index (χ4v) is 1.45. The quantitative estimate of drug-likeness (QED) is 0.805. The third-order valence-corrected chi connectivity index (χ3v) is 2.83. The Morgan fingerprint density at radius 3 is 2.69 bits per heavy atom. The number of aromatic amines is 1. The SMILES string of the molecule is CCOC(=O)Cn1c(=O)[nH]c(C)c(Br)c1=O. The van der Waals surface area contributed by atoms with E-state index in [0.717, 1.165) is 4.57 Å². The number of aromatic nitrogens is 2. The number of halogens is 1. The van der Waals surface area contributed by atoms with Crippen molar-refractivity contribution in [3.05, 3.63) is 31.0 Å². The lowest BCUT2D eigenvalue weighted by Gasteiger charge is -2.05. The van der Waals surface area contributed by atoms with Crippen LogP contribution in [-0.2, 0) is 16.1 Å². The predicted octanol–water partition coefficient (Wildman–Crippen LogP) is 0.171. The van der Waals surface area contributed by atoms with Gasteiger partial charge in [-0.1, -0.05) is 0 Å². The molecule has 1 rings (SSSR count). The summed E-state index contributed by atoms with van der Waals surface area (Å²) in [5.41, 5.74) is -0.747. The summed E-state index contributed by atoms with van der Waals surface area (Å²) in [6.07, 6.45) is 0. The molecule has 1 aromatic heterocycles. The predicted molar refractivity (Wildman–Crippen MR) is 60.4 cm³/mol. The second-order valence-corrected chi connectivity index (χ2v) is 3.86. The standard InChI is InChI=1S/C9H11BrN2O4/c1-3-16-6(13)4-12-8(14)7(10)5(2)11-9(12)15/h3-4H2,1-2H3,(H,11,15). The Balaban J connectivity index is 3.16. The van der Waals surface area contributed by atoms with Gasteiger partial charge in [0.05, 0.1) is 6.61 Å². The van der Waals surface area contributed by atoms with Crippen molar-refractivity contribution in [2.75, 3.05) is 6.61 Å². The molecule has 1 heterocycles. The van der Waals surface area contributed by atoms with Gasteiger partial charge in [0, 0.05) is 5.69 Å². The van der Waals surface area contributed by atoms with Crippen LogP contribution in [0.5, 0.6) is 0 Å². The molecular formula is C9H11BrN2O4. The first kappa shape index (κ1) is 12.7. The zero-order chi connectivity index (χ0) is 12.3.